The van der Waals surface area contributed by atoms with Crippen LogP contribution in [0.15, 0.2) is 43.0 Å². The third kappa shape index (κ3) is 5.65. The molecule has 1 saturated heterocycles. The number of likely N-dealkylation sites (N-methyl/N-ethyl adjacent to an activating group) is 1. The molecule has 8 heteroatoms. The zero-order chi connectivity index (χ0) is 25.7. The van der Waals surface area contributed by atoms with Gasteiger partial charge in [0.05, 0.1) is 22.9 Å². The van der Waals surface area contributed by atoms with Crippen LogP contribution in [0.4, 0.5) is 5.69 Å². The van der Waals surface area contributed by atoms with Crippen LogP contribution in [0.25, 0.3) is 11.0 Å². The van der Waals surface area contributed by atoms with Gasteiger partial charge in [0.25, 0.3) is 11.8 Å². The third-order valence-corrected chi connectivity index (χ3v) is 6.12. The SMILES string of the molecule is C=C/C=C(\C=C)C(=O)Nc1cc2c(OC(C)C)c(C(=O)N3CCCN(C)CC3)n(C)c2nc1CC. The fourth-order valence-corrected chi connectivity index (χ4v) is 4.28. The fraction of sp³-hybridized carbons (Fsp3) is 0.444. The average Bonchev–Trinajstić information content (AvgIpc) is 2.94. The summed E-state index contributed by atoms with van der Waals surface area (Å²) in [7, 11) is 3.92. The molecule has 2 aromatic heterocycles. The molecule has 1 aliphatic rings. The van der Waals surface area contributed by atoms with Crippen molar-refractivity contribution in [2.45, 2.75) is 39.7 Å². The number of fused-ring (bicyclic) bond motifs is 1. The van der Waals surface area contributed by atoms with Gasteiger partial charge in [0.15, 0.2) is 11.4 Å². The lowest BCUT2D eigenvalue weighted by Gasteiger charge is -2.22. The molecule has 1 N–H and O–H groups in total. The fourth-order valence-electron chi connectivity index (χ4n) is 4.28. The van der Waals surface area contributed by atoms with E-state index < -0.39 is 0 Å². The van der Waals surface area contributed by atoms with Gasteiger partial charge in [-0.3, -0.25) is 9.59 Å². The van der Waals surface area contributed by atoms with Crippen LogP contribution in [0.5, 0.6) is 5.75 Å². The average molecular weight is 480 g/mol. The Hall–Kier alpha value is -3.39. The van der Waals surface area contributed by atoms with E-state index >= 15 is 0 Å². The lowest BCUT2D eigenvalue weighted by atomic mass is 10.1. The van der Waals surface area contributed by atoms with Gasteiger partial charge in [-0.2, -0.15) is 0 Å². The molecule has 0 atom stereocenters. The van der Waals surface area contributed by atoms with E-state index in [1.165, 1.54) is 6.08 Å². The van der Waals surface area contributed by atoms with Gasteiger partial charge < -0.3 is 24.4 Å². The number of carbonyl (C=O) groups is 2. The van der Waals surface area contributed by atoms with Crippen molar-refractivity contribution in [2.24, 2.45) is 7.05 Å². The first kappa shape index (κ1) is 26.2. The molecule has 3 heterocycles. The Bertz CT molecular complexity index is 1160. The smallest absolute Gasteiger partial charge is 0.274 e. The standard InChI is InChI=1S/C27H37N5O3/c1-8-12-19(9-2)26(33)29-22-17-20-24(35-18(4)5)23(31(7)25(20)28-21(22)10-3)27(34)32-14-11-13-30(6)15-16-32/h8-9,12,17-18H,1-2,10-11,13-16H2,3-7H3,(H,29,33)/b19-12+. The Kier molecular flexibility index (Phi) is 8.51. The number of nitrogens with one attached hydrogen (secondary N) is 1. The highest BCUT2D eigenvalue weighted by molar-refractivity contribution is 6.08. The van der Waals surface area contributed by atoms with E-state index in [1.54, 1.807) is 12.2 Å². The summed E-state index contributed by atoms with van der Waals surface area (Å²) in [4.78, 5) is 35.5. The Morgan fingerprint density at radius 1 is 1.20 bits per heavy atom. The molecule has 1 aliphatic heterocycles. The number of aryl methyl sites for hydroxylation is 2. The van der Waals surface area contributed by atoms with Crippen molar-refractivity contribution < 1.29 is 14.3 Å². The van der Waals surface area contributed by atoms with E-state index in [1.807, 2.05) is 43.4 Å². The van der Waals surface area contributed by atoms with Crippen LogP contribution in [-0.2, 0) is 18.3 Å². The number of carbonyl (C=O) groups excluding carboxylic acids is 2. The maximum absolute atomic E-state index is 13.8. The second-order valence-electron chi connectivity index (χ2n) is 9.08. The summed E-state index contributed by atoms with van der Waals surface area (Å²) in [6.07, 6.45) is 6.01. The van der Waals surface area contributed by atoms with Gasteiger partial charge in [-0.25, -0.2) is 4.98 Å². The number of rotatable bonds is 8. The molecule has 2 aromatic rings. The molecule has 1 fully saturated rings. The molecule has 35 heavy (non-hydrogen) atoms. The molecule has 0 saturated carbocycles. The summed E-state index contributed by atoms with van der Waals surface area (Å²) >= 11 is 0. The number of ether oxygens (including phenoxy) is 1. The van der Waals surface area contributed by atoms with Crippen molar-refractivity contribution in [3.8, 4) is 5.75 Å². The van der Waals surface area contributed by atoms with E-state index in [0.717, 1.165) is 25.2 Å². The minimum Gasteiger partial charge on any atom is -0.488 e. The van der Waals surface area contributed by atoms with Crippen molar-refractivity contribution in [3.63, 3.8) is 0 Å². The van der Waals surface area contributed by atoms with E-state index in [4.69, 9.17) is 9.72 Å². The van der Waals surface area contributed by atoms with E-state index in [2.05, 4.69) is 30.4 Å². The summed E-state index contributed by atoms with van der Waals surface area (Å²) in [5.74, 6) is 0.127. The molecule has 2 amide bonds. The first-order valence-corrected chi connectivity index (χ1v) is 12.1. The van der Waals surface area contributed by atoms with Gasteiger partial charge in [-0.1, -0.05) is 38.3 Å². The first-order chi connectivity index (χ1) is 16.7. The van der Waals surface area contributed by atoms with Crippen LogP contribution in [0.1, 0.15) is 43.4 Å². The van der Waals surface area contributed by atoms with E-state index in [-0.39, 0.29) is 17.9 Å². The summed E-state index contributed by atoms with van der Waals surface area (Å²) in [6.45, 7) is 16.4. The van der Waals surface area contributed by atoms with Gasteiger partial charge >= 0.3 is 0 Å². The zero-order valence-electron chi connectivity index (χ0n) is 21.6. The van der Waals surface area contributed by atoms with E-state index in [0.29, 0.717) is 53.2 Å². The predicted octanol–water partition coefficient (Wildman–Crippen LogP) is 3.94. The van der Waals surface area contributed by atoms with Crippen LogP contribution in [0, 0.1) is 0 Å². The number of hydrogen-bond acceptors (Lipinski definition) is 5. The highest BCUT2D eigenvalue weighted by Crippen LogP contribution is 2.36. The number of allylic oxidation sites excluding steroid dienone is 2. The van der Waals surface area contributed by atoms with Crippen molar-refractivity contribution in [3.05, 3.63) is 54.4 Å². The molecule has 3 rings (SSSR count). The van der Waals surface area contributed by atoms with Crippen LogP contribution in [0.2, 0.25) is 0 Å². The molecule has 188 valence electrons. The number of hydrogen-bond donors (Lipinski definition) is 1. The molecular formula is C27H37N5O3. The summed E-state index contributed by atoms with van der Waals surface area (Å²) in [5, 5.41) is 3.64. The van der Waals surface area contributed by atoms with Crippen LogP contribution in [0.3, 0.4) is 0 Å². The topological polar surface area (TPSA) is 79.7 Å². The molecule has 8 nitrogen and oxygen atoms in total. The highest BCUT2D eigenvalue weighted by atomic mass is 16.5. The minimum atomic E-state index is -0.303. The lowest BCUT2D eigenvalue weighted by molar-refractivity contribution is -0.112. The third-order valence-electron chi connectivity index (χ3n) is 6.12. The molecule has 0 spiro atoms. The van der Waals surface area contributed by atoms with E-state index in [9.17, 15) is 9.59 Å². The maximum Gasteiger partial charge on any atom is 0.274 e. The van der Waals surface area contributed by atoms with Gasteiger partial charge in [0, 0.05) is 32.3 Å². The second kappa shape index (κ2) is 11.4. The Morgan fingerprint density at radius 2 is 1.94 bits per heavy atom. The molecule has 0 unspecified atom stereocenters. The summed E-state index contributed by atoms with van der Waals surface area (Å²) in [5.41, 5.74) is 2.83. The van der Waals surface area contributed by atoms with Crippen molar-refractivity contribution in [1.29, 1.82) is 0 Å². The normalized spacial score (nSPS) is 15.3. The largest absolute Gasteiger partial charge is 0.488 e. The molecule has 0 radical (unpaired) electrons. The number of aromatic nitrogens is 2. The number of nitrogens with zero attached hydrogens (tertiary/aromatic N) is 4. The number of pyridine rings is 1. The molecule has 0 aliphatic carbocycles. The first-order valence-electron chi connectivity index (χ1n) is 12.1. The van der Waals surface area contributed by atoms with Crippen molar-refractivity contribution in [1.82, 2.24) is 19.4 Å². The Balaban J connectivity index is 2.13. The van der Waals surface area contributed by atoms with Crippen LogP contribution in [-0.4, -0.2) is 70.5 Å². The Morgan fingerprint density at radius 3 is 2.57 bits per heavy atom. The van der Waals surface area contributed by atoms with Crippen molar-refractivity contribution >= 4 is 28.5 Å². The monoisotopic (exact) mass is 479 g/mol. The maximum atomic E-state index is 13.8. The van der Waals surface area contributed by atoms with Crippen molar-refractivity contribution in [2.75, 3.05) is 38.5 Å². The lowest BCUT2D eigenvalue weighted by Crippen LogP contribution is -2.35. The minimum absolute atomic E-state index is 0.0667. The van der Waals surface area contributed by atoms with Gasteiger partial charge in [0.2, 0.25) is 0 Å². The number of anilines is 1. The molecule has 0 aromatic carbocycles. The number of amides is 2. The van der Waals surface area contributed by atoms with Crippen LogP contribution < -0.4 is 10.1 Å². The summed E-state index contributed by atoms with van der Waals surface area (Å²) < 4.78 is 8.03. The van der Waals surface area contributed by atoms with Gasteiger partial charge in [-0.15, -0.1) is 0 Å². The highest BCUT2D eigenvalue weighted by Gasteiger charge is 2.29. The Labute approximate surface area is 207 Å². The van der Waals surface area contributed by atoms with Gasteiger partial charge in [0.1, 0.15) is 5.65 Å². The van der Waals surface area contributed by atoms with Crippen LogP contribution >= 0.6 is 0 Å². The molecular weight excluding hydrogens is 442 g/mol. The predicted molar refractivity (Wildman–Crippen MR) is 141 cm³/mol. The zero-order valence-corrected chi connectivity index (χ0v) is 21.6. The summed E-state index contributed by atoms with van der Waals surface area (Å²) in [6, 6.07) is 1.86. The second-order valence-corrected chi connectivity index (χ2v) is 9.08. The quantitative estimate of drug-likeness (QED) is 0.458. The van der Waals surface area contributed by atoms with Gasteiger partial charge in [-0.05, 0) is 46.3 Å². The molecule has 0 bridgehead atoms.